The van der Waals surface area contributed by atoms with E-state index < -0.39 is 5.60 Å². The van der Waals surface area contributed by atoms with Gasteiger partial charge >= 0.3 is 6.09 Å². The molecule has 0 saturated carbocycles. The van der Waals surface area contributed by atoms with Crippen LogP contribution in [0.15, 0.2) is 48.5 Å². The minimum atomic E-state index is -0.553. The first kappa shape index (κ1) is 20.9. The molecule has 0 spiro atoms. The Morgan fingerprint density at radius 3 is 2.41 bits per heavy atom. The Balaban J connectivity index is 1.74. The molecule has 1 aliphatic heterocycles. The van der Waals surface area contributed by atoms with E-state index in [1.807, 2.05) is 70.2 Å². The molecule has 5 nitrogen and oxygen atoms in total. The number of para-hydroxylation sites is 1. The molecule has 1 saturated heterocycles. The van der Waals surface area contributed by atoms with E-state index in [2.05, 4.69) is 0 Å². The lowest BCUT2D eigenvalue weighted by molar-refractivity contribution is 0.0172. The highest BCUT2D eigenvalue weighted by molar-refractivity contribution is 6.00. The van der Waals surface area contributed by atoms with Gasteiger partial charge in [-0.25, -0.2) is 4.79 Å². The van der Waals surface area contributed by atoms with E-state index in [1.54, 1.807) is 11.0 Å². The normalized spacial score (nSPS) is 17.0. The van der Waals surface area contributed by atoms with Gasteiger partial charge in [0, 0.05) is 19.0 Å². The smallest absolute Gasteiger partial charge is 0.410 e. The largest absolute Gasteiger partial charge is 0.457 e. The van der Waals surface area contributed by atoms with Crippen LogP contribution in [0.25, 0.3) is 0 Å². The van der Waals surface area contributed by atoms with Gasteiger partial charge in [0.15, 0.2) is 5.78 Å². The molecule has 0 aromatic heterocycles. The number of piperidine rings is 1. The maximum Gasteiger partial charge on any atom is 0.410 e. The summed E-state index contributed by atoms with van der Waals surface area (Å²) in [4.78, 5) is 27.3. The van der Waals surface area contributed by atoms with Crippen LogP contribution < -0.4 is 4.74 Å². The molecule has 2 aromatic carbocycles. The summed E-state index contributed by atoms with van der Waals surface area (Å²) in [5.41, 5.74) is 1.14. The van der Waals surface area contributed by atoms with Crippen molar-refractivity contribution in [2.75, 3.05) is 13.1 Å². The Bertz CT molecular complexity index is 867. The molecule has 1 atom stereocenters. The van der Waals surface area contributed by atoms with Gasteiger partial charge in [-0.05, 0) is 64.8 Å². The number of carbonyl (C=O) groups is 2. The van der Waals surface area contributed by atoms with Crippen molar-refractivity contribution in [1.29, 1.82) is 0 Å². The molecule has 0 bridgehead atoms. The molecule has 154 valence electrons. The molecule has 3 rings (SSSR count). The van der Waals surface area contributed by atoms with Crippen LogP contribution in [0.2, 0.25) is 0 Å². The third-order valence-corrected chi connectivity index (χ3v) is 4.85. The number of nitrogens with zero attached hydrogens (tertiary/aromatic N) is 1. The second-order valence-corrected chi connectivity index (χ2v) is 8.54. The number of amides is 1. The van der Waals surface area contributed by atoms with Crippen LogP contribution in [0, 0.1) is 12.8 Å². The lowest BCUT2D eigenvalue weighted by Gasteiger charge is -2.33. The summed E-state index contributed by atoms with van der Waals surface area (Å²) in [6.07, 6.45) is 1.16. The van der Waals surface area contributed by atoms with E-state index in [0.717, 1.165) is 18.4 Å². The van der Waals surface area contributed by atoms with Crippen LogP contribution >= 0.6 is 0 Å². The summed E-state index contributed by atoms with van der Waals surface area (Å²) < 4.78 is 11.5. The molecule has 1 heterocycles. The first-order chi connectivity index (χ1) is 13.7. The molecular formula is C24H29NO4. The average molecular weight is 395 g/mol. The Morgan fingerprint density at radius 1 is 1.03 bits per heavy atom. The van der Waals surface area contributed by atoms with Gasteiger partial charge in [0.1, 0.15) is 17.1 Å². The Morgan fingerprint density at radius 2 is 1.72 bits per heavy atom. The van der Waals surface area contributed by atoms with Crippen LogP contribution in [-0.2, 0) is 4.74 Å². The van der Waals surface area contributed by atoms with E-state index in [4.69, 9.17) is 9.47 Å². The molecule has 0 radical (unpaired) electrons. The highest BCUT2D eigenvalue weighted by Gasteiger charge is 2.32. The Kier molecular flexibility index (Phi) is 6.26. The number of ether oxygens (including phenoxy) is 2. The number of ketones is 1. The quantitative estimate of drug-likeness (QED) is 0.631. The highest BCUT2D eigenvalue weighted by Crippen LogP contribution is 2.30. The summed E-state index contributed by atoms with van der Waals surface area (Å²) in [5, 5.41) is 0. The third kappa shape index (κ3) is 5.59. The summed E-state index contributed by atoms with van der Waals surface area (Å²) in [6.45, 7) is 8.52. The van der Waals surface area contributed by atoms with Crippen molar-refractivity contribution < 1.29 is 19.1 Å². The first-order valence-electron chi connectivity index (χ1n) is 10.1. The summed E-state index contributed by atoms with van der Waals surface area (Å²) >= 11 is 0. The van der Waals surface area contributed by atoms with E-state index in [-0.39, 0.29) is 17.8 Å². The number of Topliss-reactive ketones (excluding diaryl/α,β-unsaturated/α-hetero) is 1. The van der Waals surface area contributed by atoms with Crippen molar-refractivity contribution in [3.63, 3.8) is 0 Å². The number of aryl methyl sites for hydroxylation is 1. The summed E-state index contributed by atoms with van der Waals surface area (Å²) in [6, 6.07) is 15.0. The maximum absolute atomic E-state index is 13.3. The van der Waals surface area contributed by atoms with Crippen molar-refractivity contribution in [3.8, 4) is 11.5 Å². The Labute approximate surface area is 172 Å². The molecule has 5 heteroatoms. The van der Waals surface area contributed by atoms with Crippen LogP contribution in [0.3, 0.4) is 0 Å². The van der Waals surface area contributed by atoms with Crippen LogP contribution in [0.4, 0.5) is 4.79 Å². The lowest BCUT2D eigenvalue weighted by Crippen LogP contribution is -2.44. The zero-order valence-corrected chi connectivity index (χ0v) is 17.6. The van der Waals surface area contributed by atoms with Gasteiger partial charge in [0.05, 0.1) is 5.56 Å². The fourth-order valence-corrected chi connectivity index (χ4v) is 3.40. The van der Waals surface area contributed by atoms with Crippen LogP contribution in [0.1, 0.15) is 49.5 Å². The highest BCUT2D eigenvalue weighted by atomic mass is 16.6. The third-order valence-electron chi connectivity index (χ3n) is 4.85. The lowest BCUT2D eigenvalue weighted by atomic mass is 9.89. The molecule has 1 fully saturated rings. The zero-order chi connectivity index (χ0) is 21.0. The molecule has 2 aromatic rings. The van der Waals surface area contributed by atoms with Gasteiger partial charge in [0.25, 0.3) is 0 Å². The van der Waals surface area contributed by atoms with E-state index in [0.29, 0.717) is 30.2 Å². The van der Waals surface area contributed by atoms with E-state index in [9.17, 15) is 9.59 Å². The van der Waals surface area contributed by atoms with Crippen molar-refractivity contribution >= 4 is 11.9 Å². The molecule has 29 heavy (non-hydrogen) atoms. The number of rotatable bonds is 4. The number of hydrogen-bond donors (Lipinski definition) is 0. The Hall–Kier alpha value is -2.82. The molecule has 1 amide bonds. The molecule has 0 unspecified atom stereocenters. The molecule has 0 aliphatic carbocycles. The van der Waals surface area contributed by atoms with E-state index in [1.165, 1.54) is 0 Å². The predicted molar refractivity (Wildman–Crippen MR) is 113 cm³/mol. The van der Waals surface area contributed by atoms with Gasteiger partial charge in [0.2, 0.25) is 0 Å². The second-order valence-electron chi connectivity index (χ2n) is 8.54. The second kappa shape index (κ2) is 8.68. The zero-order valence-electron chi connectivity index (χ0n) is 17.6. The van der Waals surface area contributed by atoms with Gasteiger partial charge in [-0.15, -0.1) is 0 Å². The number of benzene rings is 2. The topological polar surface area (TPSA) is 55.8 Å². The number of hydrogen-bond acceptors (Lipinski definition) is 4. The van der Waals surface area contributed by atoms with Crippen molar-refractivity contribution in [2.24, 2.45) is 5.92 Å². The fourth-order valence-electron chi connectivity index (χ4n) is 3.40. The van der Waals surface area contributed by atoms with Crippen LogP contribution in [-0.4, -0.2) is 35.5 Å². The fraction of sp³-hybridized carbons (Fsp3) is 0.417. The molecular weight excluding hydrogens is 366 g/mol. The predicted octanol–water partition coefficient (Wildman–Crippen LogP) is 5.62. The standard InChI is InChI=1S/C24H29NO4/c1-17-11-13-19(14-12-17)28-21-10-6-5-9-20(21)22(26)18-8-7-15-25(16-18)23(27)29-24(2,3)4/h5-6,9-14,18H,7-8,15-16H2,1-4H3/t18-/m1/s1. The SMILES string of the molecule is Cc1ccc(Oc2ccccc2C(=O)[C@@H]2CCCN(C(=O)OC(C)(C)C)C2)cc1. The average Bonchev–Trinajstić information content (AvgIpc) is 2.68. The van der Waals surface area contributed by atoms with Gasteiger partial charge < -0.3 is 14.4 Å². The summed E-state index contributed by atoms with van der Waals surface area (Å²) in [7, 11) is 0. The minimum Gasteiger partial charge on any atom is -0.457 e. The van der Waals surface area contributed by atoms with E-state index >= 15 is 0 Å². The maximum atomic E-state index is 13.3. The monoisotopic (exact) mass is 395 g/mol. The van der Waals surface area contributed by atoms with Gasteiger partial charge in [-0.3, -0.25) is 4.79 Å². The molecule has 1 aliphatic rings. The van der Waals surface area contributed by atoms with Crippen molar-refractivity contribution in [2.45, 2.75) is 46.1 Å². The number of likely N-dealkylation sites (tertiary alicyclic amines) is 1. The summed E-state index contributed by atoms with van der Waals surface area (Å²) in [5.74, 6) is 0.964. The van der Waals surface area contributed by atoms with Gasteiger partial charge in [-0.2, -0.15) is 0 Å². The van der Waals surface area contributed by atoms with Crippen molar-refractivity contribution in [3.05, 3.63) is 59.7 Å². The number of carbonyl (C=O) groups excluding carboxylic acids is 2. The first-order valence-corrected chi connectivity index (χ1v) is 10.1. The minimum absolute atomic E-state index is 0.000898. The van der Waals surface area contributed by atoms with Gasteiger partial charge in [-0.1, -0.05) is 29.8 Å². The molecule has 0 N–H and O–H groups in total. The van der Waals surface area contributed by atoms with Crippen molar-refractivity contribution in [1.82, 2.24) is 4.90 Å². The van der Waals surface area contributed by atoms with Crippen LogP contribution in [0.5, 0.6) is 11.5 Å².